The summed E-state index contributed by atoms with van der Waals surface area (Å²) in [6, 6.07) is 7.78. The van der Waals surface area contributed by atoms with Crippen LogP contribution < -0.4 is 4.72 Å². The van der Waals surface area contributed by atoms with Crippen molar-refractivity contribution in [2.45, 2.75) is 25.3 Å². The first-order valence-electron chi connectivity index (χ1n) is 7.34. The van der Waals surface area contributed by atoms with Crippen LogP contribution in [0.3, 0.4) is 0 Å². The van der Waals surface area contributed by atoms with Crippen LogP contribution in [-0.2, 0) is 20.4 Å². The van der Waals surface area contributed by atoms with E-state index < -0.39 is 10.2 Å². The third-order valence-corrected chi connectivity index (χ3v) is 6.07. The van der Waals surface area contributed by atoms with Gasteiger partial charge in [-0.25, -0.2) is 4.72 Å². The Labute approximate surface area is 131 Å². The maximum atomic E-state index is 12.5. The molecule has 1 atom stereocenters. The molecule has 0 aromatic heterocycles. The highest BCUT2D eigenvalue weighted by molar-refractivity contribution is 7.87. The molecule has 0 aliphatic carbocycles. The van der Waals surface area contributed by atoms with E-state index in [-0.39, 0.29) is 23.9 Å². The van der Waals surface area contributed by atoms with Gasteiger partial charge in [-0.05, 0) is 11.1 Å². The molecule has 7 heteroatoms. The van der Waals surface area contributed by atoms with Crippen LogP contribution in [0.1, 0.15) is 31.0 Å². The molecule has 1 aromatic rings. The average Bonchev–Trinajstić information content (AvgIpc) is 2.48. The summed E-state index contributed by atoms with van der Waals surface area (Å²) < 4.78 is 27.6. The first-order valence-corrected chi connectivity index (χ1v) is 8.78. The van der Waals surface area contributed by atoms with Crippen molar-refractivity contribution in [1.82, 2.24) is 13.9 Å². The molecule has 1 saturated heterocycles. The smallest absolute Gasteiger partial charge is 0.279 e. The number of piperazine rings is 1. The molecule has 0 radical (unpaired) electrons. The Morgan fingerprint density at radius 1 is 1.27 bits per heavy atom. The summed E-state index contributed by atoms with van der Waals surface area (Å²) in [5, 5.41) is 0. The minimum Gasteiger partial charge on any atom is -0.332 e. The van der Waals surface area contributed by atoms with E-state index >= 15 is 0 Å². The van der Waals surface area contributed by atoms with E-state index in [0.717, 1.165) is 5.56 Å². The van der Waals surface area contributed by atoms with E-state index in [1.165, 1.54) is 16.9 Å². The summed E-state index contributed by atoms with van der Waals surface area (Å²) in [7, 11) is -2.23. The molecule has 1 amide bonds. The van der Waals surface area contributed by atoms with Crippen LogP contribution in [0.2, 0.25) is 0 Å². The third kappa shape index (κ3) is 2.33. The second-order valence-corrected chi connectivity index (χ2v) is 8.39. The molecule has 1 unspecified atom stereocenters. The maximum Gasteiger partial charge on any atom is 0.279 e. The predicted octanol–water partition coefficient (Wildman–Crippen LogP) is 0.627. The summed E-state index contributed by atoms with van der Waals surface area (Å²) in [5.74, 6) is -0.141. The Kier molecular flexibility index (Phi) is 3.54. The molecule has 22 heavy (non-hydrogen) atoms. The fraction of sp³-hybridized carbons (Fsp3) is 0.533. The zero-order valence-corrected chi connectivity index (χ0v) is 13.9. The zero-order valence-electron chi connectivity index (χ0n) is 13.0. The minimum atomic E-state index is -3.60. The Hall–Kier alpha value is -1.44. The van der Waals surface area contributed by atoms with Gasteiger partial charge in [0, 0.05) is 25.6 Å². The molecule has 2 aliphatic heterocycles. The van der Waals surface area contributed by atoms with Gasteiger partial charge in [-0.2, -0.15) is 12.7 Å². The SMILES string of the molecule is CNS(=O)(=O)N1CC(=O)N2CC(C)(C)c3ccccc3C2C1. The van der Waals surface area contributed by atoms with E-state index in [1.54, 1.807) is 0 Å². The number of nitrogens with one attached hydrogen (secondary N) is 1. The van der Waals surface area contributed by atoms with Crippen LogP contribution in [0.5, 0.6) is 0 Å². The molecule has 3 rings (SSSR count). The van der Waals surface area contributed by atoms with Crippen LogP contribution in [0.15, 0.2) is 24.3 Å². The maximum absolute atomic E-state index is 12.5. The van der Waals surface area contributed by atoms with Crippen molar-refractivity contribution in [2.75, 3.05) is 26.7 Å². The van der Waals surface area contributed by atoms with Crippen LogP contribution in [0.25, 0.3) is 0 Å². The van der Waals surface area contributed by atoms with Gasteiger partial charge >= 0.3 is 0 Å². The fourth-order valence-corrected chi connectivity index (χ4v) is 4.34. The number of fused-ring (bicyclic) bond motifs is 3. The van der Waals surface area contributed by atoms with Gasteiger partial charge in [0.05, 0.1) is 12.6 Å². The van der Waals surface area contributed by atoms with Crippen molar-refractivity contribution in [2.24, 2.45) is 0 Å². The molecule has 2 aliphatic rings. The van der Waals surface area contributed by atoms with Crippen LogP contribution in [0, 0.1) is 0 Å². The lowest BCUT2D eigenvalue weighted by molar-refractivity contribution is -0.139. The summed E-state index contributed by atoms with van der Waals surface area (Å²) in [4.78, 5) is 14.3. The van der Waals surface area contributed by atoms with Gasteiger partial charge in [-0.15, -0.1) is 0 Å². The van der Waals surface area contributed by atoms with E-state index in [2.05, 4.69) is 24.6 Å². The van der Waals surface area contributed by atoms with Gasteiger partial charge < -0.3 is 4.90 Å². The number of carbonyl (C=O) groups is 1. The highest BCUT2D eigenvalue weighted by Gasteiger charge is 2.45. The second kappa shape index (κ2) is 5.04. The molecule has 0 spiro atoms. The summed E-state index contributed by atoms with van der Waals surface area (Å²) >= 11 is 0. The van der Waals surface area contributed by atoms with Crippen LogP contribution >= 0.6 is 0 Å². The van der Waals surface area contributed by atoms with Gasteiger partial charge in [0.25, 0.3) is 10.2 Å². The quantitative estimate of drug-likeness (QED) is 0.868. The van der Waals surface area contributed by atoms with Crippen molar-refractivity contribution >= 4 is 16.1 Å². The molecule has 120 valence electrons. The van der Waals surface area contributed by atoms with Gasteiger partial charge in [0.1, 0.15) is 0 Å². The van der Waals surface area contributed by atoms with Crippen molar-refractivity contribution in [3.8, 4) is 0 Å². The van der Waals surface area contributed by atoms with E-state index in [4.69, 9.17) is 0 Å². The largest absolute Gasteiger partial charge is 0.332 e. The van der Waals surface area contributed by atoms with E-state index in [9.17, 15) is 13.2 Å². The number of carbonyl (C=O) groups excluding carboxylic acids is 1. The Morgan fingerprint density at radius 2 is 1.95 bits per heavy atom. The topological polar surface area (TPSA) is 69.7 Å². The van der Waals surface area contributed by atoms with Gasteiger partial charge in [-0.3, -0.25) is 4.79 Å². The van der Waals surface area contributed by atoms with E-state index in [1.807, 2.05) is 23.1 Å². The molecule has 1 N–H and O–H groups in total. The molecule has 1 fully saturated rings. The zero-order chi connectivity index (χ0) is 16.1. The lowest BCUT2D eigenvalue weighted by Gasteiger charge is -2.49. The van der Waals surface area contributed by atoms with Gasteiger partial charge in [-0.1, -0.05) is 38.1 Å². The lowest BCUT2D eigenvalue weighted by atomic mass is 9.75. The normalized spacial score (nSPS) is 24.8. The number of benzene rings is 1. The van der Waals surface area contributed by atoms with Crippen molar-refractivity contribution in [3.63, 3.8) is 0 Å². The first-order chi connectivity index (χ1) is 10.3. The molecule has 1 aromatic carbocycles. The number of amides is 1. The number of hydrogen-bond acceptors (Lipinski definition) is 3. The standard InChI is InChI=1S/C15H21N3O3S/c1-15(2)10-18-13(11-6-4-5-7-12(11)15)8-17(9-14(18)19)22(20,21)16-3/h4-7,13,16H,8-10H2,1-3H3. The highest BCUT2D eigenvalue weighted by atomic mass is 32.2. The Bertz CT molecular complexity index is 714. The van der Waals surface area contributed by atoms with Gasteiger partial charge in [0.2, 0.25) is 5.91 Å². The Morgan fingerprint density at radius 3 is 2.64 bits per heavy atom. The Balaban J connectivity index is 2.05. The highest BCUT2D eigenvalue weighted by Crippen LogP contribution is 2.41. The molecular formula is C15H21N3O3S. The third-order valence-electron chi connectivity index (χ3n) is 4.60. The lowest BCUT2D eigenvalue weighted by Crippen LogP contribution is -2.59. The molecular weight excluding hydrogens is 302 g/mol. The first kappa shape index (κ1) is 15.5. The molecule has 6 nitrogen and oxygen atoms in total. The second-order valence-electron chi connectivity index (χ2n) is 6.51. The van der Waals surface area contributed by atoms with Crippen LogP contribution in [0.4, 0.5) is 0 Å². The predicted molar refractivity (Wildman–Crippen MR) is 83.5 cm³/mol. The molecule has 0 bridgehead atoms. The monoisotopic (exact) mass is 323 g/mol. The van der Waals surface area contributed by atoms with Crippen molar-refractivity contribution in [1.29, 1.82) is 0 Å². The summed E-state index contributed by atoms with van der Waals surface area (Å²) in [6.07, 6.45) is 0. The number of rotatable bonds is 2. The average molecular weight is 323 g/mol. The summed E-state index contributed by atoms with van der Waals surface area (Å²) in [5.41, 5.74) is 2.10. The number of nitrogens with zero attached hydrogens (tertiary/aromatic N) is 2. The minimum absolute atomic E-state index is 0.0993. The summed E-state index contributed by atoms with van der Waals surface area (Å²) in [6.45, 7) is 5.04. The van der Waals surface area contributed by atoms with Crippen molar-refractivity contribution < 1.29 is 13.2 Å². The molecule has 2 heterocycles. The van der Waals surface area contributed by atoms with Crippen LogP contribution in [-0.4, -0.2) is 50.2 Å². The number of hydrogen-bond donors (Lipinski definition) is 1. The molecule has 0 saturated carbocycles. The van der Waals surface area contributed by atoms with E-state index in [0.29, 0.717) is 13.1 Å². The van der Waals surface area contributed by atoms with Crippen molar-refractivity contribution in [3.05, 3.63) is 35.4 Å². The fourth-order valence-electron chi connectivity index (χ4n) is 3.46. The van der Waals surface area contributed by atoms with Gasteiger partial charge in [0.15, 0.2) is 0 Å².